The highest BCUT2D eigenvalue weighted by molar-refractivity contribution is 5.83. The van der Waals surface area contributed by atoms with Crippen LogP contribution in [0.15, 0.2) is 28.7 Å². The first kappa shape index (κ1) is 20.1. The maximum absolute atomic E-state index is 12.3. The van der Waals surface area contributed by atoms with E-state index in [1.807, 2.05) is 32.9 Å². The number of ether oxygens (including phenoxy) is 1. The van der Waals surface area contributed by atoms with Gasteiger partial charge in [0.1, 0.15) is 18.2 Å². The van der Waals surface area contributed by atoms with E-state index in [4.69, 9.17) is 9.15 Å². The quantitative estimate of drug-likeness (QED) is 0.664. The van der Waals surface area contributed by atoms with Gasteiger partial charge in [0.05, 0.1) is 5.69 Å². The van der Waals surface area contributed by atoms with Gasteiger partial charge in [0, 0.05) is 18.3 Å². The fourth-order valence-electron chi connectivity index (χ4n) is 3.55. The van der Waals surface area contributed by atoms with Gasteiger partial charge in [0.25, 0.3) is 0 Å². The van der Waals surface area contributed by atoms with Gasteiger partial charge in [0.2, 0.25) is 0 Å². The minimum absolute atomic E-state index is 0.322. The summed E-state index contributed by atoms with van der Waals surface area (Å²) in [5.74, 6) is 2.48. The Morgan fingerprint density at radius 3 is 2.63 bits per heavy atom. The lowest BCUT2D eigenvalue weighted by Crippen LogP contribution is -2.26. The highest BCUT2D eigenvalue weighted by Gasteiger charge is 2.16. The van der Waals surface area contributed by atoms with E-state index in [1.165, 1.54) is 12.8 Å². The van der Waals surface area contributed by atoms with Gasteiger partial charge in [-0.2, -0.15) is 5.10 Å². The second-order valence-corrected chi connectivity index (χ2v) is 7.49. The predicted octanol–water partition coefficient (Wildman–Crippen LogP) is 3.49. The third-order valence-electron chi connectivity index (χ3n) is 4.97. The van der Waals surface area contributed by atoms with Crippen molar-refractivity contribution < 1.29 is 13.9 Å². The van der Waals surface area contributed by atoms with Gasteiger partial charge >= 0.3 is 6.09 Å². The summed E-state index contributed by atoms with van der Waals surface area (Å²) in [6, 6.07) is 7.27. The van der Waals surface area contributed by atoms with E-state index >= 15 is 0 Å². The summed E-state index contributed by atoms with van der Waals surface area (Å²) < 4.78 is 12.7. The number of anilines is 1. The van der Waals surface area contributed by atoms with Crippen LogP contribution in [0.3, 0.4) is 0 Å². The number of carbonyl (C=O) groups is 1. The average molecular weight is 410 g/mol. The molecule has 4 rings (SSSR count). The first-order chi connectivity index (χ1) is 14.5. The molecule has 1 saturated heterocycles. The van der Waals surface area contributed by atoms with E-state index in [1.54, 1.807) is 16.8 Å². The van der Waals surface area contributed by atoms with E-state index in [9.17, 15) is 4.79 Å². The van der Waals surface area contributed by atoms with Gasteiger partial charge in [-0.15, -0.1) is 0 Å². The van der Waals surface area contributed by atoms with Gasteiger partial charge < -0.3 is 9.15 Å². The normalized spacial score (nSPS) is 14.2. The van der Waals surface area contributed by atoms with Gasteiger partial charge in [-0.25, -0.2) is 19.4 Å². The van der Waals surface area contributed by atoms with Crippen molar-refractivity contribution in [3.8, 4) is 17.4 Å². The molecule has 0 radical (unpaired) electrons. The summed E-state index contributed by atoms with van der Waals surface area (Å²) in [4.78, 5) is 23.6. The molecule has 3 aromatic heterocycles. The molecule has 0 saturated carbocycles. The molecule has 158 valence electrons. The number of rotatable bonds is 6. The number of aryl methyl sites for hydroxylation is 3. The minimum Gasteiger partial charge on any atom is -0.458 e. The molecule has 0 bridgehead atoms. The van der Waals surface area contributed by atoms with Crippen LogP contribution >= 0.6 is 0 Å². The lowest BCUT2D eigenvalue weighted by Gasteiger charge is -2.14. The summed E-state index contributed by atoms with van der Waals surface area (Å²) >= 11 is 0. The molecule has 1 amide bonds. The van der Waals surface area contributed by atoms with Crippen LogP contribution in [0, 0.1) is 20.8 Å². The number of furan rings is 1. The molecule has 1 aliphatic heterocycles. The van der Waals surface area contributed by atoms with Gasteiger partial charge in [0.15, 0.2) is 17.4 Å². The van der Waals surface area contributed by atoms with Crippen molar-refractivity contribution in [2.45, 2.75) is 33.6 Å². The van der Waals surface area contributed by atoms with Crippen LogP contribution in [0.2, 0.25) is 0 Å². The smallest absolute Gasteiger partial charge is 0.412 e. The van der Waals surface area contributed by atoms with E-state index in [-0.39, 0.29) is 0 Å². The SMILES string of the molecule is Cc1cc(C)n(-c2cc(NC(=O)OCCN3CCCC3)nc(-c3ccc(C)o3)n2)n1. The minimum atomic E-state index is -0.547. The Bertz CT molecular complexity index is 1040. The number of hydrogen-bond acceptors (Lipinski definition) is 7. The summed E-state index contributed by atoms with van der Waals surface area (Å²) in [5, 5.41) is 7.19. The third kappa shape index (κ3) is 4.68. The van der Waals surface area contributed by atoms with Crippen molar-refractivity contribution in [1.82, 2.24) is 24.6 Å². The van der Waals surface area contributed by atoms with E-state index in [0.717, 1.165) is 36.8 Å². The van der Waals surface area contributed by atoms with Crippen molar-refractivity contribution in [1.29, 1.82) is 0 Å². The molecule has 1 aliphatic rings. The molecule has 1 N–H and O–H groups in total. The molecule has 9 nitrogen and oxygen atoms in total. The standard InChI is InChI=1S/C21H26N6O3/c1-14-12-15(2)27(25-14)19-13-18(22-20(24-19)17-7-6-16(3)30-17)23-21(28)29-11-10-26-8-4-5-9-26/h6-7,12-13H,4-5,8-11H2,1-3H3,(H,22,23,24,28). The largest absolute Gasteiger partial charge is 0.458 e. The van der Waals surface area contributed by atoms with Crippen LogP contribution in [0.25, 0.3) is 17.4 Å². The molecule has 0 atom stereocenters. The summed E-state index contributed by atoms with van der Waals surface area (Å²) in [6.45, 7) is 8.92. The van der Waals surface area contributed by atoms with Gasteiger partial charge in [-0.3, -0.25) is 10.2 Å². The third-order valence-corrected chi connectivity index (χ3v) is 4.97. The van der Waals surface area contributed by atoms with E-state index < -0.39 is 6.09 Å². The Balaban J connectivity index is 1.54. The molecule has 4 heterocycles. The average Bonchev–Trinajstić information content (AvgIpc) is 3.43. The van der Waals surface area contributed by atoms with Crippen molar-refractivity contribution in [2.75, 3.05) is 31.6 Å². The second kappa shape index (κ2) is 8.66. The Hall–Kier alpha value is -3.20. The second-order valence-electron chi connectivity index (χ2n) is 7.49. The zero-order chi connectivity index (χ0) is 21.1. The van der Waals surface area contributed by atoms with Crippen LogP contribution < -0.4 is 5.32 Å². The molecular formula is C21H26N6O3. The lowest BCUT2D eigenvalue weighted by molar-refractivity contribution is 0.146. The molecule has 9 heteroatoms. The Morgan fingerprint density at radius 1 is 1.17 bits per heavy atom. The molecule has 1 fully saturated rings. The maximum Gasteiger partial charge on any atom is 0.412 e. The van der Waals surface area contributed by atoms with Gasteiger partial charge in [-0.05, 0) is 64.9 Å². The Morgan fingerprint density at radius 2 is 1.97 bits per heavy atom. The number of nitrogens with one attached hydrogen (secondary N) is 1. The van der Waals surface area contributed by atoms with Crippen molar-refractivity contribution >= 4 is 11.9 Å². The summed E-state index contributed by atoms with van der Waals surface area (Å²) in [6.07, 6.45) is 1.86. The highest BCUT2D eigenvalue weighted by Crippen LogP contribution is 2.23. The first-order valence-corrected chi connectivity index (χ1v) is 10.1. The molecule has 0 aromatic carbocycles. The van der Waals surface area contributed by atoms with E-state index in [2.05, 4.69) is 25.3 Å². The monoisotopic (exact) mass is 410 g/mol. The number of amides is 1. The molecule has 0 unspecified atom stereocenters. The number of hydrogen-bond donors (Lipinski definition) is 1. The maximum atomic E-state index is 12.3. The number of carbonyl (C=O) groups excluding carboxylic acids is 1. The van der Waals surface area contributed by atoms with Crippen LogP contribution in [0.4, 0.5) is 10.6 Å². The fraction of sp³-hybridized carbons (Fsp3) is 0.429. The van der Waals surface area contributed by atoms with Crippen molar-refractivity contribution in [3.63, 3.8) is 0 Å². The first-order valence-electron chi connectivity index (χ1n) is 10.1. The van der Waals surface area contributed by atoms with Gasteiger partial charge in [-0.1, -0.05) is 0 Å². The summed E-state index contributed by atoms with van der Waals surface area (Å²) in [5.41, 5.74) is 1.80. The molecule has 0 spiro atoms. The number of likely N-dealkylation sites (tertiary alicyclic amines) is 1. The molecule has 30 heavy (non-hydrogen) atoms. The van der Waals surface area contributed by atoms with Crippen LogP contribution in [-0.2, 0) is 4.74 Å². The Labute approximate surface area is 175 Å². The van der Waals surface area contributed by atoms with Crippen LogP contribution in [0.1, 0.15) is 30.0 Å². The zero-order valence-electron chi connectivity index (χ0n) is 17.5. The zero-order valence-corrected chi connectivity index (χ0v) is 17.5. The molecule has 0 aliphatic carbocycles. The fourth-order valence-corrected chi connectivity index (χ4v) is 3.55. The van der Waals surface area contributed by atoms with Crippen molar-refractivity contribution in [3.05, 3.63) is 41.4 Å². The number of aromatic nitrogens is 4. The molecule has 3 aromatic rings. The van der Waals surface area contributed by atoms with Crippen LogP contribution in [0.5, 0.6) is 0 Å². The predicted molar refractivity (Wildman–Crippen MR) is 112 cm³/mol. The number of nitrogens with zero attached hydrogens (tertiary/aromatic N) is 5. The van der Waals surface area contributed by atoms with Crippen molar-refractivity contribution in [2.24, 2.45) is 0 Å². The highest BCUT2D eigenvalue weighted by atomic mass is 16.5. The topological polar surface area (TPSA) is 98.3 Å². The van der Waals surface area contributed by atoms with Crippen LogP contribution in [-0.4, -0.2) is 57.0 Å². The lowest BCUT2D eigenvalue weighted by atomic mass is 10.4. The van der Waals surface area contributed by atoms with E-state index in [0.29, 0.717) is 29.8 Å². The molecular weight excluding hydrogens is 384 g/mol. The summed E-state index contributed by atoms with van der Waals surface area (Å²) in [7, 11) is 0. The Kier molecular flexibility index (Phi) is 5.80.